The Kier molecular flexibility index (Phi) is 5.44. The van der Waals surface area contributed by atoms with Crippen molar-refractivity contribution in [3.63, 3.8) is 0 Å². The molecule has 1 N–H and O–H groups in total. The highest BCUT2D eigenvalue weighted by molar-refractivity contribution is 6.00. The largest absolute Gasteiger partial charge is 0.493 e. The third-order valence-corrected chi connectivity index (χ3v) is 5.60. The summed E-state index contributed by atoms with van der Waals surface area (Å²) < 4.78 is 40.3. The molecule has 0 radical (unpaired) electrons. The highest BCUT2D eigenvalue weighted by atomic mass is 19.4. The number of halogens is 3. The average Bonchev–Trinajstić information content (AvgIpc) is 3.01. The van der Waals surface area contributed by atoms with E-state index in [-0.39, 0.29) is 17.9 Å². The van der Waals surface area contributed by atoms with Crippen molar-refractivity contribution in [2.45, 2.75) is 25.1 Å². The maximum absolute atomic E-state index is 13.1. The second-order valence-electron chi connectivity index (χ2n) is 7.55. The van der Waals surface area contributed by atoms with Gasteiger partial charge in [0, 0.05) is 39.6 Å². The zero-order valence-corrected chi connectivity index (χ0v) is 17.0. The van der Waals surface area contributed by atoms with E-state index in [1.54, 1.807) is 12.1 Å². The Hall–Kier alpha value is -3.35. The summed E-state index contributed by atoms with van der Waals surface area (Å²) in [5.41, 5.74) is 1.16. The summed E-state index contributed by atoms with van der Waals surface area (Å²) in [5, 5.41) is 3.05. The number of rotatable bonds is 3. The zero-order chi connectivity index (χ0) is 23.2. The van der Waals surface area contributed by atoms with Crippen LogP contribution in [0.1, 0.15) is 18.9 Å². The molecule has 1 aromatic carbocycles. The lowest BCUT2D eigenvalue weighted by molar-refractivity contribution is -0.238. The molecule has 0 saturated carbocycles. The normalized spacial score (nSPS) is 20.2. The summed E-state index contributed by atoms with van der Waals surface area (Å²) in [6.07, 6.45) is -5.88. The second kappa shape index (κ2) is 7.97. The van der Waals surface area contributed by atoms with E-state index < -0.39 is 35.7 Å². The molecule has 2 aliphatic heterocycles. The number of amides is 2. The minimum Gasteiger partial charge on any atom is -0.367 e. The van der Waals surface area contributed by atoms with Crippen molar-refractivity contribution in [3.05, 3.63) is 28.7 Å². The number of aryl methyl sites for hydroxylation is 1. The highest BCUT2D eigenvalue weighted by Gasteiger charge is 2.47. The molecule has 2 aliphatic rings. The van der Waals surface area contributed by atoms with Gasteiger partial charge < -0.3 is 15.1 Å². The van der Waals surface area contributed by atoms with Gasteiger partial charge in [0.25, 0.3) is 11.8 Å². The number of aromatic nitrogens is 2. The van der Waals surface area contributed by atoms with Gasteiger partial charge >= 0.3 is 17.8 Å². The van der Waals surface area contributed by atoms with Gasteiger partial charge in [0.05, 0.1) is 16.7 Å². The van der Waals surface area contributed by atoms with Crippen LogP contribution in [-0.4, -0.2) is 64.3 Å². The number of piperazine rings is 1. The van der Waals surface area contributed by atoms with Crippen LogP contribution in [0.15, 0.2) is 23.0 Å². The van der Waals surface area contributed by atoms with Gasteiger partial charge in [-0.2, -0.15) is 13.2 Å². The summed E-state index contributed by atoms with van der Waals surface area (Å²) in [6.45, 7) is 2.93. The number of imide groups is 1. The Balaban J connectivity index is 1.75. The molecule has 4 rings (SSSR count). The van der Waals surface area contributed by atoms with E-state index in [0.717, 1.165) is 23.3 Å². The van der Waals surface area contributed by atoms with Crippen molar-refractivity contribution in [2.24, 2.45) is 7.05 Å². The number of nitrogens with one attached hydrogen (secondary N) is 1. The standard InChI is InChI=1S/C19H20F3N5O5/c1-24-15-11(25-9-7-23-8-10-25)3-2-4-12(15)26(18(24)31)13-5-6-14(28)27(16(13)29)32-17(30)19(20,21)22/h2-4,13,23H,5-10H2,1H3. The smallest absolute Gasteiger partial charge is 0.367 e. The quantitative estimate of drug-likeness (QED) is 0.671. The fourth-order valence-electron chi connectivity index (χ4n) is 4.09. The number of nitrogens with zero attached hydrogens (tertiary/aromatic N) is 4. The molecular formula is C19H20F3N5O5. The predicted molar refractivity (Wildman–Crippen MR) is 105 cm³/mol. The molecule has 2 fully saturated rings. The van der Waals surface area contributed by atoms with Gasteiger partial charge in [-0.25, -0.2) is 9.59 Å². The first-order valence-electron chi connectivity index (χ1n) is 9.92. The molecule has 32 heavy (non-hydrogen) atoms. The molecule has 2 amide bonds. The maximum Gasteiger partial charge on any atom is 0.493 e. The molecule has 0 aliphatic carbocycles. The summed E-state index contributed by atoms with van der Waals surface area (Å²) in [7, 11) is 1.53. The lowest BCUT2D eigenvalue weighted by Crippen LogP contribution is -2.49. The number of hydrogen-bond donors (Lipinski definition) is 1. The van der Waals surface area contributed by atoms with E-state index >= 15 is 0 Å². The number of piperidine rings is 1. The van der Waals surface area contributed by atoms with Gasteiger partial charge in [-0.15, -0.1) is 5.06 Å². The second-order valence-corrected chi connectivity index (χ2v) is 7.55. The molecule has 13 heteroatoms. The van der Waals surface area contributed by atoms with Gasteiger partial charge in [-0.05, 0) is 18.6 Å². The Morgan fingerprint density at radius 3 is 2.50 bits per heavy atom. The van der Waals surface area contributed by atoms with Crippen molar-refractivity contribution >= 4 is 34.5 Å². The summed E-state index contributed by atoms with van der Waals surface area (Å²) in [4.78, 5) is 55.3. The Labute approximate surface area is 179 Å². The van der Waals surface area contributed by atoms with E-state index in [2.05, 4.69) is 15.1 Å². The third kappa shape index (κ3) is 3.61. The lowest BCUT2D eigenvalue weighted by Gasteiger charge is -2.30. The number of para-hydroxylation sites is 1. The van der Waals surface area contributed by atoms with Crippen LogP contribution in [0.25, 0.3) is 11.0 Å². The fourth-order valence-corrected chi connectivity index (χ4v) is 4.09. The van der Waals surface area contributed by atoms with Crippen LogP contribution in [0.2, 0.25) is 0 Å². The van der Waals surface area contributed by atoms with Crippen molar-refractivity contribution in [2.75, 3.05) is 31.1 Å². The number of benzene rings is 1. The number of hydroxylamine groups is 2. The molecule has 0 spiro atoms. The first kappa shape index (κ1) is 21.9. The maximum atomic E-state index is 13.1. The molecule has 172 valence electrons. The Morgan fingerprint density at radius 2 is 1.84 bits per heavy atom. The monoisotopic (exact) mass is 455 g/mol. The topological polar surface area (TPSA) is 106 Å². The van der Waals surface area contributed by atoms with Crippen LogP contribution in [0, 0.1) is 0 Å². The first-order chi connectivity index (χ1) is 15.1. The minimum atomic E-state index is -5.39. The Bertz CT molecular complexity index is 1150. The van der Waals surface area contributed by atoms with Crippen LogP contribution in [0.3, 0.4) is 0 Å². The van der Waals surface area contributed by atoms with Crippen molar-refractivity contribution in [1.29, 1.82) is 0 Å². The molecule has 2 saturated heterocycles. The van der Waals surface area contributed by atoms with E-state index in [1.807, 2.05) is 6.07 Å². The van der Waals surface area contributed by atoms with E-state index in [9.17, 15) is 32.3 Å². The van der Waals surface area contributed by atoms with Gasteiger partial charge in [0.1, 0.15) is 6.04 Å². The summed E-state index contributed by atoms with van der Waals surface area (Å²) in [5.74, 6) is -4.98. The van der Waals surface area contributed by atoms with Crippen molar-refractivity contribution in [3.8, 4) is 0 Å². The van der Waals surface area contributed by atoms with Crippen molar-refractivity contribution < 1.29 is 32.4 Å². The van der Waals surface area contributed by atoms with Gasteiger partial charge in [-0.3, -0.25) is 18.7 Å². The number of hydrogen-bond acceptors (Lipinski definition) is 7. The number of imidazole rings is 1. The molecular weight excluding hydrogens is 435 g/mol. The van der Waals surface area contributed by atoms with E-state index in [1.165, 1.54) is 11.6 Å². The van der Waals surface area contributed by atoms with Crippen LogP contribution in [-0.2, 0) is 26.3 Å². The van der Waals surface area contributed by atoms with Crippen LogP contribution in [0.5, 0.6) is 0 Å². The predicted octanol–water partition coefficient (Wildman–Crippen LogP) is 0.460. The van der Waals surface area contributed by atoms with Crippen LogP contribution >= 0.6 is 0 Å². The molecule has 10 nitrogen and oxygen atoms in total. The van der Waals surface area contributed by atoms with E-state index in [4.69, 9.17) is 0 Å². The lowest BCUT2D eigenvalue weighted by atomic mass is 10.1. The number of alkyl halides is 3. The zero-order valence-electron chi connectivity index (χ0n) is 17.0. The number of carbonyl (C=O) groups is 3. The number of anilines is 1. The Morgan fingerprint density at radius 1 is 1.16 bits per heavy atom. The SMILES string of the molecule is Cn1c(=O)n(C2CCC(=O)N(OC(=O)C(F)(F)F)C2=O)c2cccc(N3CCNCC3)c21. The number of fused-ring (bicyclic) bond motifs is 1. The molecule has 3 heterocycles. The first-order valence-corrected chi connectivity index (χ1v) is 9.92. The average molecular weight is 455 g/mol. The molecule has 1 unspecified atom stereocenters. The van der Waals surface area contributed by atoms with Gasteiger partial charge in [0.2, 0.25) is 0 Å². The molecule has 1 aromatic heterocycles. The van der Waals surface area contributed by atoms with Gasteiger partial charge in [0.15, 0.2) is 0 Å². The van der Waals surface area contributed by atoms with Gasteiger partial charge in [-0.1, -0.05) is 6.07 Å². The molecule has 1 atom stereocenters. The van der Waals surface area contributed by atoms with Crippen LogP contribution in [0.4, 0.5) is 18.9 Å². The molecule has 2 aromatic rings. The molecule has 0 bridgehead atoms. The fraction of sp³-hybridized carbons (Fsp3) is 0.474. The van der Waals surface area contributed by atoms with Crippen molar-refractivity contribution in [1.82, 2.24) is 19.5 Å². The third-order valence-electron chi connectivity index (χ3n) is 5.60. The summed E-state index contributed by atoms with van der Waals surface area (Å²) >= 11 is 0. The summed E-state index contributed by atoms with van der Waals surface area (Å²) in [6, 6.07) is 3.89. The van der Waals surface area contributed by atoms with Crippen LogP contribution < -0.4 is 15.9 Å². The minimum absolute atomic E-state index is 0.116. The highest BCUT2D eigenvalue weighted by Crippen LogP contribution is 2.32. The number of carbonyl (C=O) groups excluding carboxylic acids is 3. The van der Waals surface area contributed by atoms with E-state index in [0.29, 0.717) is 24.1 Å².